The first-order valence-electron chi connectivity index (χ1n) is 10.1. The number of aliphatic hydroxyl groups excluding tert-OH is 3. The van der Waals surface area contributed by atoms with Gasteiger partial charge in [0.05, 0.1) is 18.2 Å². The summed E-state index contributed by atoms with van der Waals surface area (Å²) in [4.78, 5) is 25.7. The topological polar surface area (TPSA) is 138 Å². The van der Waals surface area contributed by atoms with E-state index in [2.05, 4.69) is 5.32 Å². The van der Waals surface area contributed by atoms with Crippen molar-refractivity contribution in [2.24, 2.45) is 0 Å². The third-order valence-corrected chi connectivity index (χ3v) is 6.76. The molecule has 0 aromatic heterocycles. The van der Waals surface area contributed by atoms with Gasteiger partial charge in [-0.1, -0.05) is 0 Å². The van der Waals surface area contributed by atoms with Gasteiger partial charge < -0.3 is 34.8 Å². The molecule has 2 rings (SSSR count). The summed E-state index contributed by atoms with van der Waals surface area (Å²) in [5, 5.41) is 34.2. The quantitative estimate of drug-likeness (QED) is 0.248. The van der Waals surface area contributed by atoms with Crippen LogP contribution in [-0.4, -0.2) is 113 Å². The number of carbonyl (C=O) groups excluding carboxylic acids is 2. The normalized spacial score (nSPS) is 34.4. The molecule has 30 heavy (non-hydrogen) atoms. The molecule has 2 aliphatic rings. The summed E-state index contributed by atoms with van der Waals surface area (Å²) in [7, 11) is 3.37. The highest BCUT2D eigenvalue weighted by molar-refractivity contribution is 7.99. The number of nitrogens with one attached hydrogen (secondary N) is 1. The van der Waals surface area contributed by atoms with Gasteiger partial charge in [0.2, 0.25) is 5.91 Å². The van der Waals surface area contributed by atoms with Crippen molar-refractivity contribution < 1.29 is 39.1 Å². The van der Waals surface area contributed by atoms with Crippen LogP contribution in [0.4, 0.5) is 0 Å². The smallest absolute Gasteiger partial charge is 0.302 e. The first kappa shape index (κ1) is 25.3. The molecule has 0 unspecified atom stereocenters. The molecule has 2 heterocycles. The summed E-state index contributed by atoms with van der Waals surface area (Å²) in [6.45, 7) is 3.99. The number of methoxy groups -OCH3 is 1. The number of likely N-dealkylation sites (N-methyl/N-ethyl adjacent to an activating group) is 1. The SMILES string of the molecule is CO[C@H](C)[C@@H](NC(=O)[C@H]1CCCN1C)[C@H]1O[C@H](SCCOC(C)=O)[C@H](O)[C@@H](O)[C@H]1O. The minimum atomic E-state index is -1.47. The molecule has 0 aliphatic carbocycles. The molecule has 174 valence electrons. The average molecular weight is 451 g/mol. The lowest BCUT2D eigenvalue weighted by molar-refractivity contribution is -0.212. The molecule has 0 saturated carbocycles. The van der Waals surface area contributed by atoms with E-state index < -0.39 is 48.0 Å². The van der Waals surface area contributed by atoms with Gasteiger partial charge in [0, 0.05) is 19.8 Å². The second kappa shape index (κ2) is 11.6. The van der Waals surface area contributed by atoms with Crippen LogP contribution in [0.3, 0.4) is 0 Å². The maximum atomic E-state index is 12.8. The van der Waals surface area contributed by atoms with Crippen molar-refractivity contribution >= 4 is 23.6 Å². The molecule has 4 N–H and O–H groups in total. The highest BCUT2D eigenvalue weighted by atomic mass is 32.2. The van der Waals surface area contributed by atoms with Gasteiger partial charge in [-0.25, -0.2) is 0 Å². The Morgan fingerprint density at radius 2 is 1.97 bits per heavy atom. The van der Waals surface area contributed by atoms with Crippen LogP contribution in [0.25, 0.3) is 0 Å². The average Bonchev–Trinajstić information content (AvgIpc) is 3.14. The molecule has 10 nitrogen and oxygen atoms in total. The Bertz CT molecular complexity index is 583. The van der Waals surface area contributed by atoms with Gasteiger partial charge in [-0.15, -0.1) is 11.8 Å². The second-order valence-corrected chi connectivity index (χ2v) is 8.97. The first-order chi connectivity index (χ1) is 14.2. The summed E-state index contributed by atoms with van der Waals surface area (Å²) < 4.78 is 16.2. The summed E-state index contributed by atoms with van der Waals surface area (Å²) in [5.41, 5.74) is -0.874. The predicted octanol–water partition coefficient (Wildman–Crippen LogP) is -1.30. The van der Waals surface area contributed by atoms with E-state index in [1.54, 1.807) is 6.92 Å². The van der Waals surface area contributed by atoms with Crippen LogP contribution in [0.2, 0.25) is 0 Å². The van der Waals surface area contributed by atoms with E-state index >= 15 is 0 Å². The fourth-order valence-electron chi connectivity index (χ4n) is 3.77. The van der Waals surface area contributed by atoms with Crippen molar-refractivity contribution in [3.8, 4) is 0 Å². The first-order valence-corrected chi connectivity index (χ1v) is 11.2. The van der Waals surface area contributed by atoms with Crippen molar-refractivity contribution in [3.63, 3.8) is 0 Å². The van der Waals surface area contributed by atoms with Crippen LogP contribution < -0.4 is 5.32 Å². The van der Waals surface area contributed by atoms with Gasteiger partial charge in [0.1, 0.15) is 36.5 Å². The molecule has 2 aliphatic heterocycles. The van der Waals surface area contributed by atoms with Crippen molar-refractivity contribution in [2.45, 2.75) is 74.7 Å². The van der Waals surface area contributed by atoms with Crippen molar-refractivity contribution in [2.75, 3.05) is 33.1 Å². The van der Waals surface area contributed by atoms with E-state index in [1.807, 2.05) is 11.9 Å². The van der Waals surface area contributed by atoms with Gasteiger partial charge in [0.15, 0.2) is 0 Å². The van der Waals surface area contributed by atoms with E-state index in [-0.39, 0.29) is 18.6 Å². The fourth-order valence-corrected chi connectivity index (χ4v) is 4.75. The maximum Gasteiger partial charge on any atom is 0.302 e. The number of amides is 1. The number of likely N-dealkylation sites (tertiary alicyclic amines) is 1. The number of rotatable bonds is 9. The summed E-state index contributed by atoms with van der Waals surface area (Å²) >= 11 is 1.16. The van der Waals surface area contributed by atoms with E-state index in [9.17, 15) is 24.9 Å². The zero-order valence-electron chi connectivity index (χ0n) is 17.9. The third kappa shape index (κ3) is 6.28. The molecule has 0 aromatic carbocycles. The lowest BCUT2D eigenvalue weighted by atomic mass is 9.92. The molecule has 11 heteroatoms. The summed E-state index contributed by atoms with van der Waals surface area (Å²) in [5.74, 6) is -0.275. The van der Waals surface area contributed by atoms with E-state index in [4.69, 9.17) is 14.2 Å². The Kier molecular flexibility index (Phi) is 9.79. The van der Waals surface area contributed by atoms with Gasteiger partial charge in [-0.2, -0.15) is 0 Å². The summed E-state index contributed by atoms with van der Waals surface area (Å²) in [6.07, 6.45) is -4.08. The van der Waals surface area contributed by atoms with Gasteiger partial charge >= 0.3 is 5.97 Å². The zero-order valence-corrected chi connectivity index (χ0v) is 18.7. The number of carbonyl (C=O) groups is 2. The number of nitrogens with zero attached hydrogens (tertiary/aromatic N) is 1. The van der Waals surface area contributed by atoms with Crippen LogP contribution in [0, 0.1) is 0 Å². The number of esters is 1. The Morgan fingerprint density at radius 3 is 2.53 bits per heavy atom. The molecule has 0 bridgehead atoms. The van der Waals surface area contributed by atoms with Crippen LogP contribution in [0.1, 0.15) is 26.7 Å². The monoisotopic (exact) mass is 450 g/mol. The second-order valence-electron chi connectivity index (χ2n) is 7.77. The fraction of sp³-hybridized carbons (Fsp3) is 0.895. The van der Waals surface area contributed by atoms with Gasteiger partial charge in [0.25, 0.3) is 0 Å². The molecule has 1 amide bonds. The predicted molar refractivity (Wildman–Crippen MR) is 110 cm³/mol. The maximum absolute atomic E-state index is 12.8. The van der Waals surface area contributed by atoms with Crippen molar-refractivity contribution in [1.29, 1.82) is 0 Å². The Morgan fingerprint density at radius 1 is 1.27 bits per heavy atom. The molecular formula is C19H34N2O8S. The molecular weight excluding hydrogens is 416 g/mol. The minimum Gasteiger partial charge on any atom is -0.465 e. The number of thioether (sulfide) groups is 1. The van der Waals surface area contributed by atoms with Crippen LogP contribution >= 0.6 is 11.8 Å². The minimum absolute atomic E-state index is 0.124. The van der Waals surface area contributed by atoms with Crippen molar-refractivity contribution in [1.82, 2.24) is 10.2 Å². The van der Waals surface area contributed by atoms with Gasteiger partial charge in [-0.05, 0) is 33.4 Å². The number of aliphatic hydroxyl groups is 3. The third-order valence-electron chi connectivity index (χ3n) is 5.64. The molecule has 2 saturated heterocycles. The molecule has 8 atom stereocenters. The van der Waals surface area contributed by atoms with E-state index in [1.165, 1.54) is 14.0 Å². The Balaban J connectivity index is 2.10. The Hall–Kier alpha value is -0.950. The number of hydrogen-bond donors (Lipinski definition) is 4. The van der Waals surface area contributed by atoms with E-state index in [0.29, 0.717) is 5.75 Å². The zero-order chi connectivity index (χ0) is 22.4. The standard InChI is InChI=1S/C19H34N2O8S/c1-10(27-4)13(20-18(26)12-6-5-7-21(12)3)17-15(24)14(23)16(25)19(29-17)30-9-8-28-11(2)22/h10,12-17,19,23-25H,5-9H2,1-4H3,(H,20,26)/t10-,12-,13-,14+,15-,16-,17-,19-/m1/s1. The number of ether oxygens (including phenoxy) is 3. The van der Waals surface area contributed by atoms with Crippen LogP contribution in [0.5, 0.6) is 0 Å². The Labute approximate surface area is 181 Å². The van der Waals surface area contributed by atoms with Crippen LogP contribution in [-0.2, 0) is 23.8 Å². The van der Waals surface area contributed by atoms with E-state index in [0.717, 1.165) is 31.1 Å². The molecule has 2 fully saturated rings. The van der Waals surface area contributed by atoms with Crippen molar-refractivity contribution in [3.05, 3.63) is 0 Å². The molecule has 0 aromatic rings. The summed E-state index contributed by atoms with van der Waals surface area (Å²) in [6, 6.07) is -1.02. The van der Waals surface area contributed by atoms with Gasteiger partial charge in [-0.3, -0.25) is 14.5 Å². The highest BCUT2D eigenvalue weighted by Crippen LogP contribution is 2.31. The molecule has 0 spiro atoms. The lowest BCUT2D eigenvalue weighted by Crippen LogP contribution is -2.66. The van der Waals surface area contributed by atoms with Crippen LogP contribution in [0.15, 0.2) is 0 Å². The number of hydrogen-bond acceptors (Lipinski definition) is 10. The largest absolute Gasteiger partial charge is 0.465 e. The lowest BCUT2D eigenvalue weighted by Gasteiger charge is -2.44. The molecule has 0 radical (unpaired) electrons. The highest BCUT2D eigenvalue weighted by Gasteiger charge is 2.48.